The number of carboxylic acids is 2. The molecule has 0 radical (unpaired) electrons. The highest BCUT2D eigenvalue weighted by atomic mass is 16.6. The van der Waals surface area contributed by atoms with E-state index >= 15 is 0 Å². The average molecular weight is 826 g/mol. The number of rotatable bonds is 41. The first-order valence-corrected chi connectivity index (χ1v) is 23.6. The number of esters is 3. The fourth-order valence-corrected chi connectivity index (χ4v) is 7.98. The van der Waals surface area contributed by atoms with Crippen molar-refractivity contribution in [2.75, 3.05) is 26.2 Å². The number of ether oxygens (including phenoxy) is 3. The van der Waals surface area contributed by atoms with Crippen LogP contribution in [0.3, 0.4) is 0 Å². The fraction of sp³-hybridized carbons (Fsp3) is 0.894. The van der Waals surface area contributed by atoms with Gasteiger partial charge in [-0.05, 0) is 76.4 Å². The summed E-state index contributed by atoms with van der Waals surface area (Å²) in [6, 6.07) is 0. The van der Waals surface area contributed by atoms with Crippen molar-refractivity contribution in [3.63, 3.8) is 0 Å². The Bertz CT molecular complexity index is 1050. The van der Waals surface area contributed by atoms with Crippen LogP contribution in [0.4, 0.5) is 0 Å². The second kappa shape index (κ2) is 36.2. The first-order chi connectivity index (χ1) is 27.9. The van der Waals surface area contributed by atoms with E-state index < -0.39 is 41.6 Å². The van der Waals surface area contributed by atoms with E-state index in [4.69, 9.17) is 19.3 Å². The van der Waals surface area contributed by atoms with Crippen molar-refractivity contribution < 1.29 is 48.4 Å². The van der Waals surface area contributed by atoms with Crippen LogP contribution in [0.1, 0.15) is 221 Å². The second-order valence-electron chi connectivity index (χ2n) is 16.7. The molecule has 0 aromatic carbocycles. The topological polar surface area (TPSA) is 157 Å². The molecule has 0 aliphatic rings. The van der Waals surface area contributed by atoms with Crippen molar-refractivity contribution in [2.24, 2.45) is 11.8 Å². The van der Waals surface area contributed by atoms with Gasteiger partial charge in [0.2, 0.25) is 0 Å². The summed E-state index contributed by atoms with van der Waals surface area (Å²) in [5, 5.41) is 18.3. The van der Waals surface area contributed by atoms with Crippen molar-refractivity contribution in [2.45, 2.75) is 233 Å². The van der Waals surface area contributed by atoms with Gasteiger partial charge in [-0.2, -0.15) is 0 Å². The Morgan fingerprint density at radius 1 is 0.500 bits per heavy atom. The molecule has 0 saturated carbocycles. The van der Waals surface area contributed by atoms with Gasteiger partial charge < -0.3 is 29.3 Å². The molecular weight excluding hydrogens is 739 g/mol. The van der Waals surface area contributed by atoms with E-state index in [2.05, 4.69) is 46.4 Å². The lowest BCUT2D eigenvalue weighted by atomic mass is 9.74. The number of nitrogens with zero attached hydrogens (tertiary/aromatic N) is 1. The van der Waals surface area contributed by atoms with Crippen LogP contribution in [-0.2, 0) is 38.2 Å². The molecule has 11 heteroatoms. The fourth-order valence-electron chi connectivity index (χ4n) is 7.98. The highest BCUT2D eigenvalue weighted by molar-refractivity contribution is 5.72. The average Bonchev–Trinajstić information content (AvgIpc) is 3.19. The molecular formula is C47H87NO10. The molecule has 0 aliphatic carbocycles. The molecule has 340 valence electrons. The third-order valence-electron chi connectivity index (χ3n) is 11.5. The molecule has 0 heterocycles. The van der Waals surface area contributed by atoms with Gasteiger partial charge in [0.25, 0.3) is 0 Å². The molecule has 0 aromatic heterocycles. The molecule has 0 bridgehead atoms. The summed E-state index contributed by atoms with van der Waals surface area (Å²) in [5.74, 6) is -2.85. The molecule has 2 N–H and O–H groups in total. The highest BCUT2D eigenvalue weighted by Crippen LogP contribution is 2.41. The van der Waals surface area contributed by atoms with Crippen LogP contribution in [0.25, 0.3) is 0 Å². The minimum absolute atomic E-state index is 0.0291. The number of hydrogen-bond acceptors (Lipinski definition) is 9. The minimum Gasteiger partial charge on any atom is -0.481 e. The van der Waals surface area contributed by atoms with Gasteiger partial charge in [0.15, 0.2) is 11.7 Å². The second-order valence-corrected chi connectivity index (χ2v) is 16.7. The summed E-state index contributed by atoms with van der Waals surface area (Å²) < 4.78 is 19.2. The summed E-state index contributed by atoms with van der Waals surface area (Å²) in [6.45, 7) is 15.1. The zero-order valence-electron chi connectivity index (χ0n) is 38.0. The minimum atomic E-state index is -1.27. The van der Waals surface area contributed by atoms with Crippen LogP contribution in [0.2, 0.25) is 0 Å². The van der Waals surface area contributed by atoms with Crippen LogP contribution < -0.4 is 0 Å². The largest absolute Gasteiger partial charge is 0.481 e. The number of carbonyl (C=O) groups is 5. The summed E-state index contributed by atoms with van der Waals surface area (Å²) in [6.07, 6.45) is 18.7. The van der Waals surface area contributed by atoms with E-state index in [9.17, 15) is 29.1 Å². The van der Waals surface area contributed by atoms with Gasteiger partial charge in [-0.25, -0.2) is 0 Å². The molecule has 0 aliphatic heterocycles. The van der Waals surface area contributed by atoms with Gasteiger partial charge in [0, 0.05) is 32.1 Å². The zero-order valence-corrected chi connectivity index (χ0v) is 38.0. The van der Waals surface area contributed by atoms with E-state index in [1.54, 1.807) is 0 Å². The van der Waals surface area contributed by atoms with Crippen LogP contribution in [0.15, 0.2) is 0 Å². The van der Waals surface area contributed by atoms with Gasteiger partial charge in [-0.15, -0.1) is 0 Å². The predicted molar refractivity (Wildman–Crippen MR) is 232 cm³/mol. The quantitative estimate of drug-likeness (QED) is 0.0343. The summed E-state index contributed by atoms with van der Waals surface area (Å²) in [5.41, 5.74) is -1.27. The normalized spacial score (nSPS) is 14.1. The highest BCUT2D eigenvalue weighted by Gasteiger charge is 2.48. The van der Waals surface area contributed by atoms with E-state index in [1.165, 1.54) is 0 Å². The smallest absolute Gasteiger partial charge is 0.306 e. The van der Waals surface area contributed by atoms with Crippen LogP contribution in [-0.4, -0.2) is 82.9 Å². The maximum atomic E-state index is 14.1. The molecule has 58 heavy (non-hydrogen) atoms. The standard InChI is InChI=1S/C47H87NO10/c1-7-13-17-19-28-39(26-15-9-3)36-47(58-46(55)33-24-22-31-43(51)52,37-40(27-16-10-4)29-20-18-14-8-2)41(38-56-44(53)32-23-21-30-42(49)50)57-45(54)34-25-35-48(11-5)12-6/h39-41H,7-38H2,1-6H3,(H,49,50)(H,51,52). The molecule has 3 unspecified atom stereocenters. The van der Waals surface area contributed by atoms with Crippen molar-refractivity contribution in [1.29, 1.82) is 0 Å². The van der Waals surface area contributed by atoms with E-state index in [1.807, 2.05) is 0 Å². The maximum absolute atomic E-state index is 14.1. The summed E-state index contributed by atoms with van der Waals surface area (Å²) in [4.78, 5) is 65.9. The first-order valence-electron chi connectivity index (χ1n) is 23.6. The lowest BCUT2D eigenvalue weighted by molar-refractivity contribution is -0.203. The molecule has 0 fully saturated rings. The molecule has 0 aromatic rings. The number of hydrogen-bond donors (Lipinski definition) is 2. The van der Waals surface area contributed by atoms with Crippen LogP contribution in [0.5, 0.6) is 0 Å². The molecule has 0 spiro atoms. The lowest BCUT2D eigenvalue weighted by Crippen LogP contribution is -2.53. The monoisotopic (exact) mass is 826 g/mol. The van der Waals surface area contributed by atoms with E-state index in [-0.39, 0.29) is 50.5 Å². The molecule has 0 saturated heterocycles. The molecule has 11 nitrogen and oxygen atoms in total. The number of unbranched alkanes of at least 4 members (excludes halogenated alkanes) is 10. The van der Waals surface area contributed by atoms with Gasteiger partial charge in [-0.3, -0.25) is 24.0 Å². The zero-order chi connectivity index (χ0) is 43.4. The molecule has 3 atom stereocenters. The van der Waals surface area contributed by atoms with Gasteiger partial charge in [-0.1, -0.05) is 144 Å². The van der Waals surface area contributed by atoms with Gasteiger partial charge in [0.1, 0.15) is 6.61 Å². The van der Waals surface area contributed by atoms with Gasteiger partial charge >= 0.3 is 29.8 Å². The van der Waals surface area contributed by atoms with Crippen molar-refractivity contribution in [1.82, 2.24) is 4.90 Å². The van der Waals surface area contributed by atoms with Crippen molar-refractivity contribution in [3.8, 4) is 0 Å². The Labute approximate surface area is 353 Å². The number of aliphatic carboxylic acids is 2. The SMILES string of the molecule is CCCCCCC(CCCC)CC(CC(CCCC)CCCCCC)(OC(=O)CCCCC(=O)O)C(COC(=O)CCCCC(=O)O)OC(=O)CCCN(CC)CC. The maximum Gasteiger partial charge on any atom is 0.306 e. The Kier molecular flexibility index (Phi) is 34.5. The van der Waals surface area contributed by atoms with E-state index in [0.717, 1.165) is 122 Å². The summed E-state index contributed by atoms with van der Waals surface area (Å²) in [7, 11) is 0. The van der Waals surface area contributed by atoms with Crippen molar-refractivity contribution in [3.05, 3.63) is 0 Å². The Morgan fingerprint density at radius 3 is 1.38 bits per heavy atom. The van der Waals surface area contributed by atoms with Crippen LogP contribution >= 0.6 is 0 Å². The third kappa shape index (κ3) is 28.7. The lowest BCUT2D eigenvalue weighted by Gasteiger charge is -2.43. The first kappa shape index (κ1) is 55.3. The number of carbonyl (C=O) groups excluding carboxylic acids is 3. The Morgan fingerprint density at radius 2 is 0.931 bits per heavy atom. The summed E-state index contributed by atoms with van der Waals surface area (Å²) >= 11 is 0. The van der Waals surface area contributed by atoms with E-state index in [0.29, 0.717) is 44.9 Å². The van der Waals surface area contributed by atoms with Gasteiger partial charge in [0.05, 0.1) is 0 Å². The Hall–Kier alpha value is -2.69. The van der Waals surface area contributed by atoms with Crippen molar-refractivity contribution >= 4 is 29.8 Å². The predicted octanol–water partition coefficient (Wildman–Crippen LogP) is 11.5. The third-order valence-corrected chi connectivity index (χ3v) is 11.5. The Balaban J connectivity index is 7.30. The molecule has 0 amide bonds. The molecule has 0 rings (SSSR count). The van der Waals surface area contributed by atoms with Crippen LogP contribution in [0, 0.1) is 11.8 Å². The number of carboxylic acid groups (broad SMARTS) is 2.